The Labute approximate surface area is 131 Å². The molecule has 2 heterocycles. The van der Waals surface area contributed by atoms with E-state index in [9.17, 15) is 4.79 Å². The van der Waals surface area contributed by atoms with Gasteiger partial charge in [0.15, 0.2) is 0 Å². The number of hydrogen-bond donors (Lipinski definition) is 1. The van der Waals surface area contributed by atoms with Crippen LogP contribution in [0.2, 0.25) is 0 Å². The number of nitrogens with one attached hydrogen (secondary N) is 1. The highest BCUT2D eigenvalue weighted by Crippen LogP contribution is 2.14. The smallest absolute Gasteiger partial charge is 0.270 e. The first-order valence-corrected chi connectivity index (χ1v) is 6.78. The molecule has 0 aliphatic rings. The van der Waals surface area contributed by atoms with Crippen molar-refractivity contribution in [1.29, 1.82) is 0 Å². The predicted molar refractivity (Wildman–Crippen MR) is 79.5 cm³/mol. The number of ether oxygens (including phenoxy) is 1. The first kappa shape index (κ1) is 14.6. The molecule has 0 saturated heterocycles. The minimum Gasteiger partial charge on any atom is -0.481 e. The number of benzene rings is 1. The lowest BCUT2D eigenvalue weighted by Crippen LogP contribution is -2.24. The molecule has 0 saturated carbocycles. The maximum absolute atomic E-state index is 12.0. The molecule has 0 aliphatic carbocycles. The number of amides is 1. The number of methoxy groups -OCH3 is 1. The molecule has 0 aliphatic heterocycles. The summed E-state index contributed by atoms with van der Waals surface area (Å²) in [7, 11) is 1.47. The highest BCUT2D eigenvalue weighted by molar-refractivity contribution is 5.92. The van der Waals surface area contributed by atoms with Gasteiger partial charge in [0.1, 0.15) is 12.0 Å². The molecule has 3 rings (SSSR count). The lowest BCUT2D eigenvalue weighted by Gasteiger charge is -2.02. The van der Waals surface area contributed by atoms with E-state index in [1.165, 1.54) is 19.5 Å². The number of rotatable bonds is 5. The summed E-state index contributed by atoms with van der Waals surface area (Å²) >= 11 is 0. The van der Waals surface area contributed by atoms with Crippen LogP contribution in [-0.4, -0.2) is 33.1 Å². The Hall–Kier alpha value is -3.29. The van der Waals surface area contributed by atoms with Gasteiger partial charge < -0.3 is 14.6 Å². The molecule has 116 valence electrons. The van der Waals surface area contributed by atoms with Crippen LogP contribution in [0.4, 0.5) is 0 Å². The number of aromatic nitrogens is 4. The summed E-state index contributed by atoms with van der Waals surface area (Å²) < 4.78 is 10.1. The van der Waals surface area contributed by atoms with E-state index in [2.05, 4.69) is 25.4 Å². The van der Waals surface area contributed by atoms with Gasteiger partial charge in [0.05, 0.1) is 13.7 Å². The molecule has 2 aromatic heterocycles. The molecule has 0 fully saturated rings. The summed E-state index contributed by atoms with van der Waals surface area (Å²) in [4.78, 5) is 24.0. The SMILES string of the molecule is COc1cc(C(=O)NCc2nc(-c3ccccc3)no2)ncn1. The summed E-state index contributed by atoms with van der Waals surface area (Å²) in [6, 6.07) is 10.9. The van der Waals surface area contributed by atoms with Crippen LogP contribution < -0.4 is 10.1 Å². The van der Waals surface area contributed by atoms with E-state index in [4.69, 9.17) is 9.26 Å². The van der Waals surface area contributed by atoms with Crippen molar-refractivity contribution in [3.05, 3.63) is 54.3 Å². The average Bonchev–Trinajstić information content (AvgIpc) is 3.09. The third-order valence-electron chi connectivity index (χ3n) is 2.98. The molecule has 0 radical (unpaired) electrons. The number of nitrogens with zero attached hydrogens (tertiary/aromatic N) is 4. The third kappa shape index (κ3) is 3.49. The van der Waals surface area contributed by atoms with E-state index in [0.717, 1.165) is 5.56 Å². The fraction of sp³-hybridized carbons (Fsp3) is 0.133. The average molecular weight is 311 g/mol. The van der Waals surface area contributed by atoms with Gasteiger partial charge in [-0.25, -0.2) is 9.97 Å². The zero-order valence-electron chi connectivity index (χ0n) is 12.3. The van der Waals surface area contributed by atoms with Gasteiger partial charge in [-0.05, 0) is 0 Å². The second kappa shape index (κ2) is 6.65. The van der Waals surface area contributed by atoms with Crippen molar-refractivity contribution in [2.75, 3.05) is 7.11 Å². The molecular formula is C15H13N5O3. The van der Waals surface area contributed by atoms with E-state index < -0.39 is 0 Å². The Morgan fingerprint density at radius 1 is 1.26 bits per heavy atom. The largest absolute Gasteiger partial charge is 0.481 e. The maximum Gasteiger partial charge on any atom is 0.270 e. The summed E-state index contributed by atoms with van der Waals surface area (Å²) in [6.07, 6.45) is 1.26. The molecule has 8 heteroatoms. The number of carbonyl (C=O) groups excluding carboxylic acids is 1. The molecule has 0 spiro atoms. The highest BCUT2D eigenvalue weighted by atomic mass is 16.5. The van der Waals surface area contributed by atoms with Crippen LogP contribution in [0.5, 0.6) is 5.88 Å². The van der Waals surface area contributed by atoms with E-state index >= 15 is 0 Å². The minimum absolute atomic E-state index is 0.102. The molecule has 0 unspecified atom stereocenters. The van der Waals surface area contributed by atoms with Crippen LogP contribution in [0.3, 0.4) is 0 Å². The van der Waals surface area contributed by atoms with Gasteiger partial charge in [-0.3, -0.25) is 4.79 Å². The highest BCUT2D eigenvalue weighted by Gasteiger charge is 2.12. The van der Waals surface area contributed by atoms with Crippen molar-refractivity contribution in [3.63, 3.8) is 0 Å². The van der Waals surface area contributed by atoms with E-state index in [1.54, 1.807) is 0 Å². The fourth-order valence-electron chi connectivity index (χ4n) is 1.85. The quantitative estimate of drug-likeness (QED) is 0.761. The summed E-state index contributed by atoms with van der Waals surface area (Å²) in [5.74, 6) is 0.705. The van der Waals surface area contributed by atoms with Gasteiger partial charge in [-0.1, -0.05) is 35.5 Å². The standard InChI is InChI=1S/C15H13N5O3/c1-22-12-7-11(17-9-18-12)15(21)16-8-13-19-14(20-23-13)10-5-3-2-4-6-10/h2-7,9H,8H2,1H3,(H,16,21). The molecule has 0 atom stereocenters. The maximum atomic E-state index is 12.0. The third-order valence-corrected chi connectivity index (χ3v) is 2.98. The van der Waals surface area contributed by atoms with Crippen molar-refractivity contribution < 1.29 is 14.1 Å². The second-order valence-corrected chi connectivity index (χ2v) is 4.51. The van der Waals surface area contributed by atoms with Crippen LogP contribution in [0.15, 0.2) is 47.2 Å². The molecule has 1 aromatic carbocycles. The molecule has 3 aromatic rings. The molecule has 1 N–H and O–H groups in total. The van der Waals surface area contributed by atoms with Crippen LogP contribution in [0, 0.1) is 0 Å². The van der Waals surface area contributed by atoms with Crippen molar-refractivity contribution >= 4 is 5.91 Å². The summed E-state index contributed by atoms with van der Waals surface area (Å²) in [6.45, 7) is 0.102. The predicted octanol–water partition coefficient (Wildman–Crippen LogP) is 1.47. The van der Waals surface area contributed by atoms with Gasteiger partial charge in [0, 0.05) is 11.6 Å². The van der Waals surface area contributed by atoms with Gasteiger partial charge in [-0.15, -0.1) is 0 Å². The molecular weight excluding hydrogens is 298 g/mol. The molecule has 8 nitrogen and oxygen atoms in total. The van der Waals surface area contributed by atoms with Crippen molar-refractivity contribution in [1.82, 2.24) is 25.4 Å². The monoisotopic (exact) mass is 311 g/mol. The Bertz CT molecular complexity index is 804. The van der Waals surface area contributed by atoms with Crippen LogP contribution in [-0.2, 0) is 6.54 Å². The Morgan fingerprint density at radius 3 is 2.87 bits per heavy atom. The van der Waals surface area contributed by atoms with Crippen LogP contribution >= 0.6 is 0 Å². The lowest BCUT2D eigenvalue weighted by molar-refractivity contribution is 0.0940. The fourth-order valence-corrected chi connectivity index (χ4v) is 1.85. The topological polar surface area (TPSA) is 103 Å². The molecule has 1 amide bonds. The molecule has 0 bridgehead atoms. The minimum atomic E-state index is -0.384. The Morgan fingerprint density at radius 2 is 2.09 bits per heavy atom. The van der Waals surface area contributed by atoms with Crippen molar-refractivity contribution in [2.45, 2.75) is 6.54 Å². The van der Waals surface area contributed by atoms with Crippen LogP contribution in [0.25, 0.3) is 11.4 Å². The summed E-state index contributed by atoms with van der Waals surface area (Å²) in [5.41, 5.74) is 1.04. The van der Waals surface area contributed by atoms with E-state index in [1.807, 2.05) is 30.3 Å². The Kier molecular flexibility index (Phi) is 4.23. The first-order valence-electron chi connectivity index (χ1n) is 6.78. The van der Waals surface area contributed by atoms with Gasteiger partial charge in [0.2, 0.25) is 17.6 Å². The van der Waals surface area contributed by atoms with E-state index in [0.29, 0.717) is 17.6 Å². The van der Waals surface area contributed by atoms with Crippen LogP contribution in [0.1, 0.15) is 16.4 Å². The summed E-state index contributed by atoms with van der Waals surface area (Å²) in [5, 5.41) is 6.53. The van der Waals surface area contributed by atoms with Gasteiger partial charge in [0.25, 0.3) is 5.91 Å². The van der Waals surface area contributed by atoms with E-state index in [-0.39, 0.29) is 18.1 Å². The first-order chi connectivity index (χ1) is 11.3. The lowest BCUT2D eigenvalue weighted by atomic mass is 10.2. The zero-order valence-corrected chi connectivity index (χ0v) is 12.3. The Balaban J connectivity index is 1.64. The molecule has 23 heavy (non-hydrogen) atoms. The number of carbonyl (C=O) groups is 1. The van der Waals surface area contributed by atoms with Crippen molar-refractivity contribution in [2.24, 2.45) is 0 Å². The van der Waals surface area contributed by atoms with Crippen molar-refractivity contribution in [3.8, 4) is 17.3 Å². The van der Waals surface area contributed by atoms with Gasteiger partial charge in [-0.2, -0.15) is 4.98 Å². The number of hydrogen-bond acceptors (Lipinski definition) is 7. The second-order valence-electron chi connectivity index (χ2n) is 4.51. The zero-order chi connectivity index (χ0) is 16.1. The van der Waals surface area contributed by atoms with Gasteiger partial charge >= 0.3 is 0 Å². The normalized spacial score (nSPS) is 10.3.